The van der Waals surface area contributed by atoms with Crippen molar-refractivity contribution < 1.29 is 23.8 Å². The van der Waals surface area contributed by atoms with Gasteiger partial charge in [0.05, 0.1) is 7.11 Å². The molecule has 0 heterocycles. The molecule has 4 fully saturated rings. The first-order valence-corrected chi connectivity index (χ1v) is 10.6. The summed E-state index contributed by atoms with van der Waals surface area (Å²) in [5.74, 6) is 2.56. The number of methoxy groups -OCH3 is 1. The number of rotatable bonds is 8. The highest BCUT2D eigenvalue weighted by molar-refractivity contribution is 5.91. The summed E-state index contributed by atoms with van der Waals surface area (Å²) in [6.45, 7) is -0.213. The molecule has 5 rings (SSSR count). The largest absolute Gasteiger partial charge is 0.493 e. The van der Waals surface area contributed by atoms with Crippen LogP contribution in [0.5, 0.6) is 11.5 Å². The molecular formula is C24H27NO5. The molecule has 0 spiro atoms. The molecule has 6 heteroatoms. The molecule has 1 aromatic rings. The van der Waals surface area contributed by atoms with Gasteiger partial charge in [-0.25, -0.2) is 4.79 Å². The van der Waals surface area contributed by atoms with Gasteiger partial charge >= 0.3 is 5.97 Å². The van der Waals surface area contributed by atoms with E-state index in [0.717, 1.165) is 24.8 Å². The topological polar surface area (TPSA) is 85.6 Å². The number of nitriles is 1. The third-order valence-electron chi connectivity index (χ3n) is 6.87. The highest BCUT2D eigenvalue weighted by atomic mass is 16.5. The fourth-order valence-electron chi connectivity index (χ4n) is 5.97. The summed E-state index contributed by atoms with van der Waals surface area (Å²) in [6, 6.07) is 7.04. The van der Waals surface area contributed by atoms with Gasteiger partial charge in [-0.05, 0) is 80.1 Å². The minimum Gasteiger partial charge on any atom is -0.493 e. The molecule has 4 aliphatic carbocycles. The van der Waals surface area contributed by atoms with Crippen molar-refractivity contribution in [2.45, 2.75) is 38.5 Å². The zero-order valence-electron chi connectivity index (χ0n) is 17.3. The molecule has 4 saturated carbocycles. The molecule has 0 saturated heterocycles. The van der Waals surface area contributed by atoms with Crippen LogP contribution >= 0.6 is 0 Å². The summed E-state index contributed by atoms with van der Waals surface area (Å²) in [5, 5.41) is 8.62. The molecule has 0 aliphatic heterocycles. The summed E-state index contributed by atoms with van der Waals surface area (Å²) in [7, 11) is 1.51. The first-order chi connectivity index (χ1) is 14.5. The van der Waals surface area contributed by atoms with Gasteiger partial charge < -0.3 is 14.2 Å². The molecule has 4 aliphatic rings. The van der Waals surface area contributed by atoms with E-state index in [9.17, 15) is 9.59 Å². The molecule has 0 N–H and O–H groups in total. The van der Waals surface area contributed by atoms with Crippen molar-refractivity contribution in [3.63, 3.8) is 0 Å². The molecule has 0 radical (unpaired) electrons. The second-order valence-corrected chi connectivity index (χ2v) is 8.92. The summed E-state index contributed by atoms with van der Waals surface area (Å²) in [5.41, 5.74) is 0.478. The molecule has 0 amide bonds. The summed E-state index contributed by atoms with van der Waals surface area (Å²) in [4.78, 5) is 25.1. The lowest BCUT2D eigenvalue weighted by molar-refractivity contribution is -0.155. The molecule has 0 unspecified atom stereocenters. The first kappa shape index (κ1) is 20.5. The number of ketones is 1. The van der Waals surface area contributed by atoms with Gasteiger partial charge in [0, 0.05) is 11.5 Å². The van der Waals surface area contributed by atoms with Gasteiger partial charge in [-0.3, -0.25) is 4.79 Å². The van der Waals surface area contributed by atoms with Gasteiger partial charge in [-0.2, -0.15) is 5.26 Å². The number of benzene rings is 1. The van der Waals surface area contributed by atoms with Crippen LogP contribution in [0.1, 0.15) is 44.1 Å². The Bertz CT molecular complexity index is 862. The van der Waals surface area contributed by atoms with Crippen LogP contribution in [0.15, 0.2) is 24.3 Å². The highest BCUT2D eigenvalue weighted by Gasteiger charge is 2.54. The third-order valence-corrected chi connectivity index (χ3v) is 6.87. The van der Waals surface area contributed by atoms with Crippen molar-refractivity contribution in [2.24, 2.45) is 23.2 Å². The Labute approximate surface area is 176 Å². The molecule has 0 atom stereocenters. The van der Waals surface area contributed by atoms with E-state index in [-0.39, 0.29) is 24.4 Å². The SMILES string of the molecule is COc1cc(C=CC(=O)OCC(=O)C23CC4CC(CC(C4)C2)C3)ccc1OCC#N. The zero-order chi connectivity index (χ0) is 21.1. The fraction of sp³-hybridized carbons (Fsp3) is 0.542. The van der Waals surface area contributed by atoms with E-state index < -0.39 is 5.97 Å². The van der Waals surface area contributed by atoms with E-state index in [4.69, 9.17) is 19.5 Å². The zero-order valence-corrected chi connectivity index (χ0v) is 17.3. The molecule has 6 nitrogen and oxygen atoms in total. The van der Waals surface area contributed by atoms with Crippen molar-refractivity contribution in [3.05, 3.63) is 29.8 Å². The van der Waals surface area contributed by atoms with E-state index in [0.29, 0.717) is 29.3 Å². The normalized spacial score (nSPS) is 28.9. The lowest BCUT2D eigenvalue weighted by Gasteiger charge is -2.55. The van der Waals surface area contributed by atoms with E-state index in [1.54, 1.807) is 24.3 Å². The van der Waals surface area contributed by atoms with Crippen molar-refractivity contribution in [1.82, 2.24) is 0 Å². The lowest BCUT2D eigenvalue weighted by Crippen LogP contribution is -2.51. The Morgan fingerprint density at radius 2 is 1.80 bits per heavy atom. The second-order valence-electron chi connectivity index (χ2n) is 8.92. The number of nitrogens with zero attached hydrogens (tertiary/aromatic N) is 1. The van der Waals surface area contributed by atoms with Gasteiger partial charge in [-0.15, -0.1) is 0 Å². The van der Waals surface area contributed by atoms with Crippen LogP contribution in [0.2, 0.25) is 0 Å². The van der Waals surface area contributed by atoms with Gasteiger partial charge in [0.25, 0.3) is 0 Å². The number of esters is 1. The van der Waals surface area contributed by atoms with E-state index >= 15 is 0 Å². The second kappa shape index (κ2) is 8.51. The van der Waals surface area contributed by atoms with Crippen molar-refractivity contribution in [1.29, 1.82) is 5.26 Å². The molecule has 4 bridgehead atoms. The highest BCUT2D eigenvalue weighted by Crippen LogP contribution is 2.60. The summed E-state index contributed by atoms with van der Waals surface area (Å²) in [6.07, 6.45) is 9.68. The fourth-order valence-corrected chi connectivity index (χ4v) is 5.97. The number of hydrogen-bond donors (Lipinski definition) is 0. The average Bonchev–Trinajstić information content (AvgIpc) is 2.73. The first-order valence-electron chi connectivity index (χ1n) is 10.6. The van der Waals surface area contributed by atoms with Gasteiger partial charge in [0.2, 0.25) is 0 Å². The summed E-state index contributed by atoms with van der Waals surface area (Å²) < 4.78 is 15.8. The minimum absolute atomic E-state index is 0.0738. The predicted octanol–water partition coefficient (Wildman–Crippen LogP) is 3.94. The van der Waals surface area contributed by atoms with Gasteiger partial charge in [0.1, 0.15) is 6.07 Å². The smallest absolute Gasteiger partial charge is 0.331 e. The van der Waals surface area contributed by atoms with Gasteiger partial charge in [0.15, 0.2) is 30.5 Å². The Balaban J connectivity index is 1.32. The number of Topliss-reactive ketones (excluding diaryl/α,β-unsaturated/α-hetero) is 1. The molecular weight excluding hydrogens is 382 g/mol. The van der Waals surface area contributed by atoms with Crippen LogP contribution in [0, 0.1) is 34.5 Å². The monoisotopic (exact) mass is 409 g/mol. The maximum Gasteiger partial charge on any atom is 0.331 e. The maximum absolute atomic E-state index is 12.9. The number of ether oxygens (including phenoxy) is 3. The molecule has 30 heavy (non-hydrogen) atoms. The van der Waals surface area contributed by atoms with Crippen LogP contribution < -0.4 is 9.47 Å². The Hall–Kier alpha value is -2.81. The number of hydrogen-bond acceptors (Lipinski definition) is 6. The maximum atomic E-state index is 12.9. The van der Waals surface area contributed by atoms with E-state index in [2.05, 4.69) is 0 Å². The standard InChI is InChI=1S/C24H27NO5/c1-28-21-11-16(2-4-20(21)29-7-6-25)3-5-23(27)30-15-22(26)24-12-17-8-18(13-24)10-19(9-17)14-24/h2-5,11,17-19H,7-10,12-15H2,1H3. The van der Waals surface area contributed by atoms with Crippen molar-refractivity contribution in [3.8, 4) is 17.6 Å². The van der Waals surface area contributed by atoms with Crippen molar-refractivity contribution in [2.75, 3.05) is 20.3 Å². The van der Waals surface area contributed by atoms with Crippen LogP contribution in [-0.4, -0.2) is 32.1 Å². The number of carbonyl (C=O) groups excluding carboxylic acids is 2. The molecule has 158 valence electrons. The Morgan fingerprint density at radius 3 is 2.40 bits per heavy atom. The Morgan fingerprint density at radius 1 is 1.13 bits per heavy atom. The lowest BCUT2D eigenvalue weighted by atomic mass is 9.48. The van der Waals surface area contributed by atoms with Gasteiger partial charge in [-0.1, -0.05) is 6.07 Å². The predicted molar refractivity (Wildman–Crippen MR) is 110 cm³/mol. The minimum atomic E-state index is -0.531. The average molecular weight is 409 g/mol. The van der Waals surface area contributed by atoms with Crippen LogP contribution in [0.4, 0.5) is 0 Å². The number of carbonyl (C=O) groups is 2. The van der Waals surface area contributed by atoms with Crippen LogP contribution in [0.25, 0.3) is 6.08 Å². The van der Waals surface area contributed by atoms with E-state index in [1.165, 1.54) is 32.4 Å². The summed E-state index contributed by atoms with van der Waals surface area (Å²) >= 11 is 0. The third kappa shape index (κ3) is 4.21. The quantitative estimate of drug-likeness (QED) is 0.478. The molecule has 1 aromatic carbocycles. The van der Waals surface area contributed by atoms with Crippen LogP contribution in [0.3, 0.4) is 0 Å². The Kier molecular flexibility index (Phi) is 5.80. The van der Waals surface area contributed by atoms with E-state index in [1.807, 2.05) is 6.07 Å². The molecule has 0 aromatic heterocycles. The van der Waals surface area contributed by atoms with Crippen molar-refractivity contribution >= 4 is 17.8 Å². The van der Waals surface area contributed by atoms with Crippen LogP contribution in [-0.2, 0) is 14.3 Å².